The van der Waals surface area contributed by atoms with Gasteiger partial charge in [-0.15, -0.1) is 0 Å². The van der Waals surface area contributed by atoms with E-state index in [1.807, 2.05) is 26.8 Å². The number of carboxylic acids is 1. The molecule has 2 aliphatic rings. The minimum absolute atomic E-state index is 0.147. The van der Waals surface area contributed by atoms with Crippen molar-refractivity contribution in [2.45, 2.75) is 58.9 Å². The second kappa shape index (κ2) is 8.52. The number of carbonyl (C=O) groups is 2. The molecular weight excluding hydrogens is 354 g/mol. The number of carboxylic acid groups (broad SMARTS) is 1. The fourth-order valence-electron chi connectivity index (χ4n) is 4.10. The van der Waals surface area contributed by atoms with Gasteiger partial charge < -0.3 is 20.2 Å². The first kappa shape index (κ1) is 20.6. The van der Waals surface area contributed by atoms with Crippen LogP contribution in [0.2, 0.25) is 0 Å². The smallest absolute Gasteiger partial charge is 0.337 e. The number of nitrogens with zero attached hydrogens (tertiary/aromatic N) is 2. The molecule has 2 N–H and O–H groups in total. The zero-order valence-corrected chi connectivity index (χ0v) is 17.3. The number of nitrogens with one attached hydrogen (secondary N) is 1. The zero-order chi connectivity index (χ0) is 20.3. The summed E-state index contributed by atoms with van der Waals surface area (Å²) in [5.74, 6) is -1.21. The van der Waals surface area contributed by atoms with Gasteiger partial charge in [0.05, 0.1) is 11.3 Å². The van der Waals surface area contributed by atoms with Crippen molar-refractivity contribution in [1.82, 2.24) is 4.90 Å². The zero-order valence-electron chi connectivity index (χ0n) is 17.3. The van der Waals surface area contributed by atoms with E-state index in [1.165, 1.54) is 32.4 Å². The van der Waals surface area contributed by atoms with E-state index in [4.69, 9.17) is 0 Å². The molecule has 0 bridgehead atoms. The lowest BCUT2D eigenvalue weighted by atomic mass is 9.95. The maximum atomic E-state index is 12.3. The predicted molar refractivity (Wildman–Crippen MR) is 112 cm³/mol. The first-order valence-corrected chi connectivity index (χ1v) is 10.4. The monoisotopic (exact) mass is 387 g/mol. The number of hydrogen-bond donors (Lipinski definition) is 2. The van der Waals surface area contributed by atoms with Gasteiger partial charge in [0.2, 0.25) is 5.91 Å². The molecule has 28 heavy (non-hydrogen) atoms. The highest BCUT2D eigenvalue weighted by Crippen LogP contribution is 2.29. The van der Waals surface area contributed by atoms with Gasteiger partial charge in [-0.05, 0) is 57.0 Å². The van der Waals surface area contributed by atoms with Crippen LogP contribution in [0, 0.1) is 5.41 Å². The Balaban J connectivity index is 1.68. The van der Waals surface area contributed by atoms with Gasteiger partial charge in [-0.25, -0.2) is 4.79 Å². The largest absolute Gasteiger partial charge is 0.478 e. The molecular formula is C22H33N3O3. The van der Waals surface area contributed by atoms with Crippen LogP contribution in [0.5, 0.6) is 0 Å². The number of benzene rings is 1. The molecule has 2 heterocycles. The molecule has 0 saturated carbocycles. The average molecular weight is 388 g/mol. The van der Waals surface area contributed by atoms with Crippen molar-refractivity contribution in [2.75, 3.05) is 36.4 Å². The number of likely N-dealkylation sites (tertiary alicyclic amines) is 1. The molecule has 0 atom stereocenters. The number of aromatic carboxylic acids is 1. The molecule has 2 saturated heterocycles. The van der Waals surface area contributed by atoms with E-state index in [9.17, 15) is 14.7 Å². The van der Waals surface area contributed by atoms with Crippen LogP contribution in [0.4, 0.5) is 11.4 Å². The summed E-state index contributed by atoms with van der Waals surface area (Å²) in [5, 5.41) is 12.4. The van der Waals surface area contributed by atoms with Crippen molar-refractivity contribution >= 4 is 23.3 Å². The molecule has 0 radical (unpaired) electrons. The normalized spacial score (nSPS) is 19.5. The van der Waals surface area contributed by atoms with Gasteiger partial charge >= 0.3 is 5.97 Å². The van der Waals surface area contributed by atoms with Crippen molar-refractivity contribution in [3.05, 3.63) is 23.8 Å². The molecule has 1 amide bonds. The summed E-state index contributed by atoms with van der Waals surface area (Å²) in [4.78, 5) is 28.9. The minimum atomic E-state index is -1.02. The number of anilines is 2. The number of hydrogen-bond acceptors (Lipinski definition) is 4. The topological polar surface area (TPSA) is 72.9 Å². The molecule has 1 aromatic carbocycles. The first-order valence-electron chi connectivity index (χ1n) is 10.4. The Hall–Kier alpha value is -2.08. The summed E-state index contributed by atoms with van der Waals surface area (Å²) in [6.07, 6.45) is 6.20. The minimum Gasteiger partial charge on any atom is -0.478 e. The third kappa shape index (κ3) is 4.85. The predicted octanol–water partition coefficient (Wildman–Crippen LogP) is 3.82. The van der Waals surface area contributed by atoms with Crippen molar-refractivity contribution < 1.29 is 14.7 Å². The Labute approximate surface area is 167 Å². The van der Waals surface area contributed by atoms with Crippen LogP contribution in [-0.2, 0) is 4.79 Å². The van der Waals surface area contributed by atoms with Crippen molar-refractivity contribution in [3.8, 4) is 0 Å². The summed E-state index contributed by atoms with van der Waals surface area (Å²) < 4.78 is 0. The fraction of sp³-hybridized carbons (Fsp3) is 0.636. The van der Waals surface area contributed by atoms with Crippen molar-refractivity contribution in [3.63, 3.8) is 0 Å². The van der Waals surface area contributed by atoms with E-state index in [0.717, 1.165) is 31.6 Å². The van der Waals surface area contributed by atoms with Gasteiger partial charge in [0.15, 0.2) is 0 Å². The second-order valence-electron chi connectivity index (χ2n) is 9.05. The Morgan fingerprint density at radius 2 is 1.68 bits per heavy atom. The molecule has 154 valence electrons. The van der Waals surface area contributed by atoms with E-state index in [1.54, 1.807) is 12.1 Å². The lowest BCUT2D eigenvalue weighted by Crippen LogP contribution is -2.46. The maximum Gasteiger partial charge on any atom is 0.337 e. The van der Waals surface area contributed by atoms with Crippen LogP contribution in [0.25, 0.3) is 0 Å². The Bertz CT molecular complexity index is 712. The summed E-state index contributed by atoms with van der Waals surface area (Å²) in [6, 6.07) is 5.99. The van der Waals surface area contributed by atoms with Gasteiger partial charge in [-0.1, -0.05) is 27.2 Å². The lowest BCUT2D eigenvalue weighted by Gasteiger charge is -2.41. The molecule has 6 heteroatoms. The second-order valence-corrected chi connectivity index (χ2v) is 9.05. The summed E-state index contributed by atoms with van der Waals surface area (Å²) in [7, 11) is 0. The highest BCUT2D eigenvalue weighted by atomic mass is 16.4. The fourth-order valence-corrected chi connectivity index (χ4v) is 4.10. The molecule has 3 rings (SSSR count). The van der Waals surface area contributed by atoms with E-state index in [2.05, 4.69) is 15.1 Å². The molecule has 6 nitrogen and oxygen atoms in total. The van der Waals surface area contributed by atoms with Crippen LogP contribution in [0.1, 0.15) is 63.2 Å². The summed E-state index contributed by atoms with van der Waals surface area (Å²) in [6.45, 7) is 9.74. The number of amides is 1. The first-order chi connectivity index (χ1) is 13.3. The van der Waals surface area contributed by atoms with Crippen molar-refractivity contribution in [1.29, 1.82) is 0 Å². The van der Waals surface area contributed by atoms with Crippen molar-refractivity contribution in [2.24, 2.45) is 5.41 Å². The highest BCUT2D eigenvalue weighted by Gasteiger charge is 2.27. The van der Waals surface area contributed by atoms with E-state index in [0.29, 0.717) is 11.7 Å². The summed E-state index contributed by atoms with van der Waals surface area (Å²) in [5.41, 5.74) is 0.848. The standard InChI is InChI=1S/C22H33N3O3/c1-22(2,3)21(28)23-19-8-7-17(15-18(19)20(26)27)25-13-9-16(10-14-25)24-11-5-4-6-12-24/h7-8,15-16H,4-6,9-14H2,1-3H3,(H,23,28)(H,26,27). The van der Waals surface area contributed by atoms with Gasteiger partial charge in [0.1, 0.15) is 0 Å². The van der Waals surface area contributed by atoms with Gasteiger partial charge in [-0.3, -0.25) is 4.79 Å². The third-order valence-corrected chi connectivity index (χ3v) is 5.90. The molecule has 1 aromatic rings. The Kier molecular flexibility index (Phi) is 6.28. The Morgan fingerprint density at radius 3 is 2.25 bits per heavy atom. The van der Waals surface area contributed by atoms with Crippen LogP contribution >= 0.6 is 0 Å². The quantitative estimate of drug-likeness (QED) is 0.822. The van der Waals surface area contributed by atoms with E-state index in [-0.39, 0.29) is 11.5 Å². The van der Waals surface area contributed by atoms with E-state index < -0.39 is 11.4 Å². The van der Waals surface area contributed by atoms with E-state index >= 15 is 0 Å². The van der Waals surface area contributed by atoms with Crippen LogP contribution in [0.3, 0.4) is 0 Å². The average Bonchev–Trinajstić information content (AvgIpc) is 2.68. The molecule has 2 aliphatic heterocycles. The van der Waals surface area contributed by atoms with Gasteiger partial charge in [0, 0.05) is 30.2 Å². The third-order valence-electron chi connectivity index (χ3n) is 5.90. The lowest BCUT2D eigenvalue weighted by molar-refractivity contribution is -0.123. The van der Waals surface area contributed by atoms with Gasteiger partial charge in [-0.2, -0.15) is 0 Å². The van der Waals surface area contributed by atoms with Crippen LogP contribution in [-0.4, -0.2) is 54.1 Å². The van der Waals surface area contributed by atoms with Crippen LogP contribution < -0.4 is 10.2 Å². The molecule has 0 aliphatic carbocycles. The van der Waals surface area contributed by atoms with Gasteiger partial charge in [0.25, 0.3) is 0 Å². The molecule has 0 aromatic heterocycles. The molecule has 2 fully saturated rings. The number of rotatable bonds is 4. The number of carbonyl (C=O) groups excluding carboxylic acids is 1. The molecule has 0 unspecified atom stereocenters. The SMILES string of the molecule is CC(C)(C)C(=O)Nc1ccc(N2CCC(N3CCCCC3)CC2)cc1C(=O)O. The molecule has 0 spiro atoms. The Morgan fingerprint density at radius 1 is 1.04 bits per heavy atom. The maximum absolute atomic E-state index is 12.3. The number of piperidine rings is 2. The van der Waals surface area contributed by atoms with Crippen LogP contribution in [0.15, 0.2) is 18.2 Å². The summed E-state index contributed by atoms with van der Waals surface area (Å²) >= 11 is 0. The highest BCUT2D eigenvalue weighted by molar-refractivity contribution is 6.02.